The topological polar surface area (TPSA) is 78.9 Å². The number of esters is 3. The van der Waals surface area contributed by atoms with E-state index < -0.39 is 6.10 Å². The normalized spacial score (nSPS) is 12.4. The Hall–Kier alpha value is -2.89. The van der Waals surface area contributed by atoms with Crippen molar-refractivity contribution in [1.82, 2.24) is 0 Å². The molecule has 0 aromatic carbocycles. The standard InChI is InChI=1S/C68H122O6/c1-4-7-10-13-16-19-22-25-27-29-31-33-34-36-37-39-41-43-46-49-52-55-58-61-67(70)73-64-65(63-72-66(69)60-57-54-51-48-45-24-21-18-15-12-9-6-3)74-68(71)62-59-56-53-50-47-44-42-40-38-35-32-30-28-26-23-20-17-14-11-8-5-2/h7,10,16,18-19,21,25,27,31,33,65H,4-6,8-9,11-15,17,20,22-24,26,28-30,32,34-64H2,1-3H3/b10-7-,19-16-,21-18-,27-25-,33-31-. The van der Waals surface area contributed by atoms with Gasteiger partial charge < -0.3 is 14.2 Å². The molecular weight excluding hydrogens is 913 g/mol. The van der Waals surface area contributed by atoms with Crippen molar-refractivity contribution in [3.8, 4) is 0 Å². The smallest absolute Gasteiger partial charge is 0.306 e. The highest BCUT2D eigenvalue weighted by Gasteiger charge is 2.19. The second-order valence-electron chi connectivity index (χ2n) is 21.6. The van der Waals surface area contributed by atoms with Gasteiger partial charge in [0, 0.05) is 19.3 Å². The van der Waals surface area contributed by atoms with E-state index in [9.17, 15) is 14.4 Å². The van der Waals surface area contributed by atoms with Gasteiger partial charge in [0.25, 0.3) is 0 Å². The molecule has 0 bridgehead atoms. The molecule has 0 aliphatic carbocycles. The molecule has 0 heterocycles. The molecule has 0 rings (SSSR count). The Balaban J connectivity index is 4.28. The van der Waals surface area contributed by atoms with Gasteiger partial charge in [-0.3, -0.25) is 14.4 Å². The molecule has 0 saturated carbocycles. The van der Waals surface area contributed by atoms with Crippen LogP contribution in [0.3, 0.4) is 0 Å². The zero-order chi connectivity index (χ0) is 53.6. The molecule has 0 aromatic rings. The molecule has 0 N–H and O–H groups in total. The van der Waals surface area contributed by atoms with Crippen LogP contribution in [0.5, 0.6) is 0 Å². The summed E-state index contributed by atoms with van der Waals surface area (Å²) in [5, 5.41) is 0. The minimum atomic E-state index is -0.778. The summed E-state index contributed by atoms with van der Waals surface area (Å²) in [5.41, 5.74) is 0. The van der Waals surface area contributed by atoms with Gasteiger partial charge in [-0.2, -0.15) is 0 Å². The summed E-state index contributed by atoms with van der Waals surface area (Å²) in [7, 11) is 0. The van der Waals surface area contributed by atoms with Crippen molar-refractivity contribution in [2.45, 2.75) is 341 Å². The van der Waals surface area contributed by atoms with Crippen molar-refractivity contribution in [2.75, 3.05) is 13.2 Å². The first-order chi connectivity index (χ1) is 36.5. The number of allylic oxidation sites excluding steroid dienone is 10. The number of hydrogen-bond donors (Lipinski definition) is 0. The Kier molecular flexibility index (Phi) is 60.2. The van der Waals surface area contributed by atoms with Crippen molar-refractivity contribution in [3.05, 3.63) is 60.8 Å². The minimum Gasteiger partial charge on any atom is -0.462 e. The first-order valence-electron chi connectivity index (χ1n) is 32.3. The van der Waals surface area contributed by atoms with Gasteiger partial charge in [-0.05, 0) is 83.5 Å². The van der Waals surface area contributed by atoms with Crippen LogP contribution < -0.4 is 0 Å². The summed E-state index contributed by atoms with van der Waals surface area (Å²) in [6, 6.07) is 0. The average Bonchev–Trinajstić information content (AvgIpc) is 3.40. The molecule has 0 radical (unpaired) electrons. The molecule has 0 saturated heterocycles. The van der Waals surface area contributed by atoms with E-state index in [1.807, 2.05) is 0 Å². The van der Waals surface area contributed by atoms with Crippen LogP contribution in [0.25, 0.3) is 0 Å². The molecular formula is C68H122O6. The zero-order valence-corrected chi connectivity index (χ0v) is 49.4. The first-order valence-corrected chi connectivity index (χ1v) is 32.3. The monoisotopic (exact) mass is 1030 g/mol. The first kappa shape index (κ1) is 71.1. The molecule has 0 aromatic heterocycles. The average molecular weight is 1040 g/mol. The summed E-state index contributed by atoms with van der Waals surface area (Å²) in [5.74, 6) is -0.869. The highest BCUT2D eigenvalue weighted by Crippen LogP contribution is 2.17. The van der Waals surface area contributed by atoms with Crippen LogP contribution in [0.1, 0.15) is 335 Å². The van der Waals surface area contributed by atoms with Gasteiger partial charge in [0.15, 0.2) is 6.10 Å². The van der Waals surface area contributed by atoms with E-state index in [2.05, 4.69) is 81.5 Å². The van der Waals surface area contributed by atoms with Crippen molar-refractivity contribution < 1.29 is 28.6 Å². The van der Waals surface area contributed by atoms with Gasteiger partial charge in [-0.1, -0.05) is 293 Å². The fourth-order valence-electron chi connectivity index (χ4n) is 9.43. The van der Waals surface area contributed by atoms with Crippen molar-refractivity contribution in [2.24, 2.45) is 0 Å². The fourth-order valence-corrected chi connectivity index (χ4v) is 9.43. The molecule has 1 unspecified atom stereocenters. The molecule has 6 nitrogen and oxygen atoms in total. The largest absolute Gasteiger partial charge is 0.462 e. The van der Waals surface area contributed by atoms with Gasteiger partial charge in [-0.25, -0.2) is 0 Å². The molecule has 74 heavy (non-hydrogen) atoms. The summed E-state index contributed by atoms with van der Waals surface area (Å²) < 4.78 is 16.9. The van der Waals surface area contributed by atoms with E-state index in [1.54, 1.807) is 0 Å². The van der Waals surface area contributed by atoms with E-state index in [4.69, 9.17) is 14.2 Å². The van der Waals surface area contributed by atoms with Crippen molar-refractivity contribution in [1.29, 1.82) is 0 Å². The second-order valence-corrected chi connectivity index (χ2v) is 21.6. The maximum Gasteiger partial charge on any atom is 0.306 e. The lowest BCUT2D eigenvalue weighted by Gasteiger charge is -2.18. The Bertz CT molecular complexity index is 1330. The molecule has 6 heteroatoms. The predicted octanol–water partition coefficient (Wildman–Crippen LogP) is 21.9. The SMILES string of the molecule is CC/C=C\C/C=C\C/C=C\C/C=C\CCCCCCCCCCCCC(=O)OCC(COC(=O)CCCCCCC/C=C\CCCCC)OC(=O)CCCCCCCCCCCCCCCCCCCCCCC. The van der Waals surface area contributed by atoms with E-state index in [-0.39, 0.29) is 31.1 Å². The lowest BCUT2D eigenvalue weighted by molar-refractivity contribution is -0.167. The number of ether oxygens (including phenoxy) is 3. The number of unbranched alkanes of at least 4 members (excludes halogenated alkanes) is 38. The van der Waals surface area contributed by atoms with Crippen LogP contribution in [0, 0.1) is 0 Å². The van der Waals surface area contributed by atoms with Gasteiger partial charge in [0.1, 0.15) is 13.2 Å². The molecule has 430 valence electrons. The maximum absolute atomic E-state index is 12.9. The third-order valence-corrected chi connectivity index (χ3v) is 14.3. The van der Waals surface area contributed by atoms with Crippen molar-refractivity contribution in [3.63, 3.8) is 0 Å². The predicted molar refractivity (Wildman–Crippen MR) is 321 cm³/mol. The third kappa shape index (κ3) is 60.0. The van der Waals surface area contributed by atoms with E-state index >= 15 is 0 Å². The molecule has 0 aliphatic heterocycles. The van der Waals surface area contributed by atoms with E-state index in [0.717, 1.165) is 89.9 Å². The lowest BCUT2D eigenvalue weighted by Crippen LogP contribution is -2.30. The summed E-state index contributed by atoms with van der Waals surface area (Å²) in [4.78, 5) is 38.3. The van der Waals surface area contributed by atoms with E-state index in [0.29, 0.717) is 19.3 Å². The lowest BCUT2D eigenvalue weighted by atomic mass is 10.0. The summed E-state index contributed by atoms with van der Waals surface area (Å²) in [6.45, 7) is 6.54. The Morgan fingerprint density at radius 3 is 0.865 bits per heavy atom. The van der Waals surface area contributed by atoms with Crippen LogP contribution >= 0.6 is 0 Å². The van der Waals surface area contributed by atoms with Gasteiger partial charge >= 0.3 is 17.9 Å². The second kappa shape index (κ2) is 62.6. The highest BCUT2D eigenvalue weighted by atomic mass is 16.6. The van der Waals surface area contributed by atoms with Gasteiger partial charge in [0.2, 0.25) is 0 Å². The van der Waals surface area contributed by atoms with Crippen LogP contribution in [0.4, 0.5) is 0 Å². The van der Waals surface area contributed by atoms with Crippen LogP contribution in [0.2, 0.25) is 0 Å². The molecule has 0 fully saturated rings. The molecule has 1 atom stereocenters. The summed E-state index contributed by atoms with van der Waals surface area (Å²) in [6.07, 6.45) is 79.4. The number of carbonyl (C=O) groups is 3. The number of carbonyl (C=O) groups excluding carboxylic acids is 3. The molecule has 0 aliphatic rings. The maximum atomic E-state index is 12.9. The quantitative estimate of drug-likeness (QED) is 0.0261. The van der Waals surface area contributed by atoms with E-state index in [1.165, 1.54) is 205 Å². The van der Waals surface area contributed by atoms with Gasteiger partial charge in [-0.15, -0.1) is 0 Å². The molecule has 0 amide bonds. The Morgan fingerprint density at radius 1 is 0.284 bits per heavy atom. The Labute approximate surface area is 460 Å². The highest BCUT2D eigenvalue weighted by molar-refractivity contribution is 5.71. The van der Waals surface area contributed by atoms with Crippen LogP contribution in [-0.2, 0) is 28.6 Å². The van der Waals surface area contributed by atoms with Crippen LogP contribution in [-0.4, -0.2) is 37.2 Å². The van der Waals surface area contributed by atoms with Gasteiger partial charge in [0.05, 0.1) is 0 Å². The summed E-state index contributed by atoms with van der Waals surface area (Å²) >= 11 is 0. The molecule has 0 spiro atoms. The number of rotatable bonds is 59. The zero-order valence-electron chi connectivity index (χ0n) is 49.4. The Morgan fingerprint density at radius 2 is 0.527 bits per heavy atom. The number of hydrogen-bond acceptors (Lipinski definition) is 6. The van der Waals surface area contributed by atoms with Crippen molar-refractivity contribution >= 4 is 17.9 Å². The van der Waals surface area contributed by atoms with Crippen LogP contribution in [0.15, 0.2) is 60.8 Å². The minimum absolute atomic E-state index is 0.0757. The fraction of sp³-hybridized carbons (Fsp3) is 0.809. The third-order valence-electron chi connectivity index (χ3n) is 14.3.